The topological polar surface area (TPSA) is 71.1 Å². The van der Waals surface area contributed by atoms with Crippen molar-refractivity contribution in [2.24, 2.45) is 0 Å². The van der Waals surface area contributed by atoms with E-state index in [4.69, 9.17) is 9.47 Å². The van der Waals surface area contributed by atoms with Crippen molar-refractivity contribution in [1.29, 1.82) is 0 Å². The fourth-order valence-corrected chi connectivity index (χ4v) is 4.49. The third kappa shape index (κ3) is 5.93. The highest BCUT2D eigenvalue weighted by atomic mass is 35.5. The van der Waals surface area contributed by atoms with E-state index in [1.54, 1.807) is 4.90 Å². The first-order chi connectivity index (χ1) is 16.7. The van der Waals surface area contributed by atoms with Gasteiger partial charge in [0.1, 0.15) is 18.1 Å². The average molecular weight is 494 g/mol. The largest absolute Gasteiger partial charge is 0.457 e. The molecule has 2 aliphatic rings. The van der Waals surface area contributed by atoms with E-state index in [2.05, 4.69) is 10.2 Å². The molecule has 0 spiro atoms. The van der Waals surface area contributed by atoms with Crippen LogP contribution in [0.5, 0.6) is 11.5 Å². The Morgan fingerprint density at radius 1 is 0.914 bits per heavy atom. The highest BCUT2D eigenvalue weighted by Crippen LogP contribution is 2.31. The maximum absolute atomic E-state index is 12.6. The molecule has 0 aromatic heterocycles. The van der Waals surface area contributed by atoms with E-state index < -0.39 is 0 Å². The molecule has 2 amide bonds. The summed E-state index contributed by atoms with van der Waals surface area (Å²) in [7, 11) is 0. The van der Waals surface area contributed by atoms with Crippen LogP contribution >= 0.6 is 12.4 Å². The van der Waals surface area contributed by atoms with E-state index in [9.17, 15) is 9.59 Å². The first kappa shape index (κ1) is 24.6. The molecule has 3 aromatic rings. The number of nitrogens with one attached hydrogen (secondary N) is 1. The summed E-state index contributed by atoms with van der Waals surface area (Å²) in [6.07, 6.45) is 1.30. The van der Waals surface area contributed by atoms with Crippen LogP contribution in [0.3, 0.4) is 0 Å². The van der Waals surface area contributed by atoms with Gasteiger partial charge in [0.2, 0.25) is 5.91 Å². The van der Waals surface area contributed by atoms with Gasteiger partial charge in [-0.15, -0.1) is 12.4 Å². The van der Waals surface area contributed by atoms with Gasteiger partial charge in [0.15, 0.2) is 0 Å². The Bertz CT molecular complexity index is 1150. The number of amides is 2. The van der Waals surface area contributed by atoms with Crippen LogP contribution in [-0.4, -0.2) is 42.6 Å². The predicted octanol–water partition coefficient (Wildman–Crippen LogP) is 5.46. The lowest BCUT2D eigenvalue weighted by atomic mass is 10.0. The molecule has 1 saturated heterocycles. The number of nitrogens with zero attached hydrogens (tertiary/aromatic N) is 2. The zero-order chi connectivity index (χ0) is 23.3. The van der Waals surface area contributed by atoms with Gasteiger partial charge in [0, 0.05) is 30.4 Å². The van der Waals surface area contributed by atoms with Crippen molar-refractivity contribution >= 4 is 35.8 Å². The lowest BCUT2D eigenvalue weighted by Gasteiger charge is -2.40. The summed E-state index contributed by atoms with van der Waals surface area (Å²) in [5.41, 5.74) is 2.70. The minimum atomic E-state index is -0.283. The molecule has 8 heteroatoms. The quantitative estimate of drug-likeness (QED) is 0.493. The van der Waals surface area contributed by atoms with Crippen molar-refractivity contribution in [2.75, 3.05) is 29.9 Å². The molecule has 182 valence electrons. The fourth-order valence-electron chi connectivity index (χ4n) is 4.49. The minimum Gasteiger partial charge on any atom is -0.457 e. The maximum atomic E-state index is 12.6. The molecule has 0 bridgehead atoms. The molecular weight excluding hydrogens is 466 g/mol. The van der Waals surface area contributed by atoms with Crippen molar-refractivity contribution in [2.45, 2.75) is 25.5 Å². The van der Waals surface area contributed by atoms with E-state index >= 15 is 0 Å². The van der Waals surface area contributed by atoms with E-state index in [1.807, 2.05) is 78.9 Å². The van der Waals surface area contributed by atoms with Crippen LogP contribution in [0.1, 0.15) is 18.4 Å². The summed E-state index contributed by atoms with van der Waals surface area (Å²) in [6.45, 7) is 2.13. The number of piperidine rings is 1. The molecule has 1 fully saturated rings. The third-order valence-corrected chi connectivity index (χ3v) is 6.21. The van der Waals surface area contributed by atoms with Gasteiger partial charge >= 0.3 is 6.09 Å². The van der Waals surface area contributed by atoms with E-state index in [0.717, 1.165) is 48.6 Å². The van der Waals surface area contributed by atoms with Gasteiger partial charge in [-0.3, -0.25) is 14.6 Å². The monoisotopic (exact) mass is 493 g/mol. The standard InChI is InChI=1S/C27H27N3O4.ClH/c31-26(28-21-10-12-24(13-11-21)34-23-7-2-1-3-8-23)18-29-16-14-22(15-17-29)30-25-9-5-4-6-20(25)19-33-27(30)32;/h1-13,22H,14-19H2,(H,28,31);1H. The Hall–Kier alpha value is -3.55. The van der Waals surface area contributed by atoms with Gasteiger partial charge in [-0.05, 0) is 55.3 Å². The van der Waals surface area contributed by atoms with Crippen molar-refractivity contribution in [3.05, 3.63) is 84.4 Å². The number of likely N-dealkylation sites (tertiary alicyclic amines) is 1. The molecule has 0 radical (unpaired) electrons. The molecule has 1 N–H and O–H groups in total. The Morgan fingerprint density at radius 3 is 2.31 bits per heavy atom. The molecule has 7 nitrogen and oxygen atoms in total. The van der Waals surface area contributed by atoms with E-state index in [1.165, 1.54) is 0 Å². The number of fused-ring (bicyclic) bond motifs is 1. The van der Waals surface area contributed by atoms with Gasteiger partial charge in [0.05, 0.1) is 12.2 Å². The number of ether oxygens (including phenoxy) is 2. The molecule has 0 aliphatic carbocycles. The third-order valence-electron chi connectivity index (χ3n) is 6.21. The number of rotatable bonds is 6. The minimum absolute atomic E-state index is 0. The second kappa shape index (κ2) is 11.3. The highest BCUT2D eigenvalue weighted by molar-refractivity contribution is 5.92. The first-order valence-electron chi connectivity index (χ1n) is 11.5. The zero-order valence-electron chi connectivity index (χ0n) is 19.3. The van der Waals surface area contributed by atoms with Crippen molar-refractivity contribution < 1.29 is 19.1 Å². The van der Waals surface area contributed by atoms with Crippen molar-refractivity contribution in [1.82, 2.24) is 4.90 Å². The Labute approximate surface area is 211 Å². The van der Waals surface area contributed by atoms with E-state index in [-0.39, 0.29) is 30.4 Å². The first-order valence-corrected chi connectivity index (χ1v) is 11.5. The normalized spacial score (nSPS) is 16.0. The number of carbonyl (C=O) groups excluding carboxylic acids is 2. The summed E-state index contributed by atoms with van der Waals surface area (Å²) in [5, 5.41) is 2.95. The summed E-state index contributed by atoms with van der Waals surface area (Å²) in [4.78, 5) is 29.0. The summed E-state index contributed by atoms with van der Waals surface area (Å²) >= 11 is 0. The molecule has 2 heterocycles. The van der Waals surface area contributed by atoms with Gasteiger partial charge in [-0.25, -0.2) is 4.79 Å². The smallest absolute Gasteiger partial charge is 0.414 e. The number of para-hydroxylation sites is 2. The number of benzene rings is 3. The molecule has 5 rings (SSSR count). The maximum Gasteiger partial charge on any atom is 0.414 e. The molecule has 2 aliphatic heterocycles. The van der Waals surface area contributed by atoms with Crippen LogP contribution in [0.2, 0.25) is 0 Å². The van der Waals surface area contributed by atoms with Gasteiger partial charge in [-0.1, -0.05) is 36.4 Å². The Balaban J connectivity index is 0.00000289. The van der Waals surface area contributed by atoms with Crippen LogP contribution in [0.25, 0.3) is 0 Å². The van der Waals surface area contributed by atoms with Gasteiger partial charge in [0.25, 0.3) is 0 Å². The molecule has 35 heavy (non-hydrogen) atoms. The highest BCUT2D eigenvalue weighted by Gasteiger charge is 2.34. The molecule has 0 atom stereocenters. The number of hydrogen-bond donors (Lipinski definition) is 1. The van der Waals surface area contributed by atoms with Crippen molar-refractivity contribution in [3.63, 3.8) is 0 Å². The van der Waals surface area contributed by atoms with Crippen LogP contribution in [-0.2, 0) is 16.1 Å². The van der Waals surface area contributed by atoms with Crippen LogP contribution < -0.4 is 15.0 Å². The fraction of sp³-hybridized carbons (Fsp3) is 0.259. The Morgan fingerprint density at radius 2 is 1.57 bits per heavy atom. The molecule has 0 unspecified atom stereocenters. The lowest BCUT2D eigenvalue weighted by molar-refractivity contribution is -0.117. The average Bonchev–Trinajstić information content (AvgIpc) is 2.86. The molecule has 3 aromatic carbocycles. The van der Waals surface area contributed by atoms with Crippen LogP contribution in [0, 0.1) is 0 Å². The Kier molecular flexibility index (Phi) is 7.90. The molecular formula is C27H28ClN3O4. The number of anilines is 2. The van der Waals surface area contributed by atoms with Gasteiger partial charge in [-0.2, -0.15) is 0 Å². The van der Waals surface area contributed by atoms with E-state index in [0.29, 0.717) is 18.9 Å². The van der Waals surface area contributed by atoms with Crippen LogP contribution in [0.4, 0.5) is 16.2 Å². The second-order valence-corrected chi connectivity index (χ2v) is 8.55. The summed E-state index contributed by atoms with van der Waals surface area (Å²) in [6, 6.07) is 24.9. The molecule has 0 saturated carbocycles. The predicted molar refractivity (Wildman–Crippen MR) is 137 cm³/mol. The zero-order valence-corrected chi connectivity index (χ0v) is 20.1. The number of halogens is 1. The van der Waals surface area contributed by atoms with Gasteiger partial charge < -0.3 is 14.8 Å². The SMILES string of the molecule is Cl.O=C(CN1CCC(N2C(=O)OCc3ccccc32)CC1)Nc1ccc(Oc2ccccc2)cc1. The van der Waals surface area contributed by atoms with Crippen molar-refractivity contribution in [3.8, 4) is 11.5 Å². The summed E-state index contributed by atoms with van der Waals surface area (Å²) in [5.74, 6) is 1.42. The van der Waals surface area contributed by atoms with Crippen LogP contribution in [0.15, 0.2) is 78.9 Å². The summed E-state index contributed by atoms with van der Waals surface area (Å²) < 4.78 is 11.2. The lowest BCUT2D eigenvalue weighted by Crippen LogP contribution is -2.50. The second-order valence-electron chi connectivity index (χ2n) is 8.55. The number of hydrogen-bond acceptors (Lipinski definition) is 5. The number of cyclic esters (lactones) is 1. The number of carbonyl (C=O) groups is 2.